The number of piperazine rings is 1. The fourth-order valence-corrected chi connectivity index (χ4v) is 5.17. The highest BCUT2D eigenvalue weighted by atomic mass is 32.2. The van der Waals surface area contributed by atoms with E-state index in [1.54, 1.807) is 11.8 Å². The first-order valence-electron chi connectivity index (χ1n) is 11.5. The van der Waals surface area contributed by atoms with Crippen molar-refractivity contribution in [1.29, 1.82) is 0 Å². The molecule has 0 aliphatic carbocycles. The highest BCUT2D eigenvalue weighted by molar-refractivity contribution is 7.99. The molecule has 2 aliphatic heterocycles. The molecule has 170 valence electrons. The maximum Gasteiger partial charge on any atom is 0.241 e. The zero-order chi connectivity index (χ0) is 22.3. The molecule has 0 aromatic heterocycles. The van der Waals surface area contributed by atoms with Gasteiger partial charge in [-0.3, -0.25) is 19.4 Å². The largest absolute Gasteiger partial charge is 0.342 e. The van der Waals surface area contributed by atoms with Crippen LogP contribution in [0.4, 0.5) is 5.69 Å². The molecule has 32 heavy (non-hydrogen) atoms. The van der Waals surface area contributed by atoms with E-state index in [1.165, 1.54) is 0 Å². The van der Waals surface area contributed by atoms with Gasteiger partial charge in [-0.2, -0.15) is 0 Å². The molecule has 0 spiro atoms. The summed E-state index contributed by atoms with van der Waals surface area (Å²) in [6.07, 6.45) is 2.25. The highest BCUT2D eigenvalue weighted by Gasteiger charge is 2.28. The van der Waals surface area contributed by atoms with E-state index in [0.717, 1.165) is 67.6 Å². The molecule has 2 aliphatic rings. The molecule has 2 fully saturated rings. The fraction of sp³-hybridized carbons (Fsp3) is 0.440. The molecule has 0 radical (unpaired) electrons. The van der Waals surface area contributed by atoms with Gasteiger partial charge in [-0.25, -0.2) is 0 Å². The maximum atomic E-state index is 13.0. The molecule has 7 heteroatoms. The second kappa shape index (κ2) is 11.0. The molecule has 4 rings (SSSR count). The van der Waals surface area contributed by atoms with Crippen molar-refractivity contribution in [1.82, 2.24) is 14.7 Å². The molecule has 2 aromatic rings. The van der Waals surface area contributed by atoms with E-state index in [0.29, 0.717) is 6.54 Å². The number of nitrogens with zero attached hydrogens (tertiary/aromatic N) is 3. The van der Waals surface area contributed by atoms with E-state index in [1.807, 2.05) is 54.3 Å². The predicted octanol–water partition coefficient (Wildman–Crippen LogP) is 3.40. The average molecular weight is 453 g/mol. The lowest BCUT2D eigenvalue weighted by Gasteiger charge is -2.37. The number of likely N-dealkylation sites (tertiary alicyclic amines) is 1. The summed E-state index contributed by atoms with van der Waals surface area (Å²) in [7, 11) is 0. The van der Waals surface area contributed by atoms with Crippen molar-refractivity contribution in [2.24, 2.45) is 0 Å². The van der Waals surface area contributed by atoms with Crippen molar-refractivity contribution in [2.45, 2.75) is 35.6 Å². The minimum absolute atomic E-state index is 0.00713. The minimum Gasteiger partial charge on any atom is -0.342 e. The van der Waals surface area contributed by atoms with Gasteiger partial charge in [-0.05, 0) is 44.0 Å². The Balaban J connectivity index is 1.29. The number of carbonyl (C=O) groups is 2. The van der Waals surface area contributed by atoms with Crippen LogP contribution in [0.25, 0.3) is 0 Å². The van der Waals surface area contributed by atoms with Crippen LogP contribution in [0, 0.1) is 0 Å². The minimum atomic E-state index is -0.221. The summed E-state index contributed by atoms with van der Waals surface area (Å²) < 4.78 is 0. The summed E-state index contributed by atoms with van der Waals surface area (Å²) in [6.45, 7) is 7.49. The number of para-hydroxylation sites is 1. The lowest BCUT2D eigenvalue weighted by atomic mass is 10.2. The predicted molar refractivity (Wildman–Crippen MR) is 129 cm³/mol. The summed E-state index contributed by atoms with van der Waals surface area (Å²) >= 11 is 1.65. The first kappa shape index (κ1) is 22.8. The number of amides is 2. The smallest absolute Gasteiger partial charge is 0.241 e. The molecular formula is C25H32N4O2S. The Bertz CT molecular complexity index is 909. The van der Waals surface area contributed by atoms with E-state index >= 15 is 0 Å². The van der Waals surface area contributed by atoms with Gasteiger partial charge in [0.2, 0.25) is 11.8 Å². The highest BCUT2D eigenvalue weighted by Crippen LogP contribution is 2.33. The first-order chi connectivity index (χ1) is 15.6. The number of carbonyl (C=O) groups excluding carboxylic acids is 2. The van der Waals surface area contributed by atoms with Crippen LogP contribution < -0.4 is 5.32 Å². The Morgan fingerprint density at radius 3 is 2.28 bits per heavy atom. The third-order valence-corrected chi connectivity index (χ3v) is 7.35. The lowest BCUT2D eigenvalue weighted by Crippen LogP contribution is -2.54. The van der Waals surface area contributed by atoms with Gasteiger partial charge in [0.05, 0.1) is 18.3 Å². The van der Waals surface area contributed by atoms with Crippen LogP contribution in [0.5, 0.6) is 0 Å². The summed E-state index contributed by atoms with van der Waals surface area (Å²) in [6, 6.07) is 17.9. The van der Waals surface area contributed by atoms with E-state index in [4.69, 9.17) is 0 Å². The number of nitrogens with one attached hydrogen (secondary N) is 1. The van der Waals surface area contributed by atoms with Crippen LogP contribution >= 0.6 is 11.8 Å². The molecular weight excluding hydrogens is 420 g/mol. The van der Waals surface area contributed by atoms with E-state index in [9.17, 15) is 9.59 Å². The first-order valence-corrected chi connectivity index (χ1v) is 12.3. The van der Waals surface area contributed by atoms with Crippen molar-refractivity contribution < 1.29 is 9.59 Å². The van der Waals surface area contributed by atoms with Gasteiger partial charge in [-0.15, -0.1) is 0 Å². The number of anilines is 1. The SMILES string of the molecule is C[C@@H](C(=O)Nc1ccccc1Sc1ccccc1)N1CCN(CC(=O)N2CCCC2)CC1. The Morgan fingerprint density at radius 1 is 0.906 bits per heavy atom. The normalized spacial score (nSPS) is 18.5. The molecule has 2 saturated heterocycles. The topological polar surface area (TPSA) is 55.9 Å². The number of hydrogen-bond acceptors (Lipinski definition) is 5. The van der Waals surface area contributed by atoms with Crippen molar-refractivity contribution in [3.63, 3.8) is 0 Å². The van der Waals surface area contributed by atoms with E-state index in [-0.39, 0.29) is 17.9 Å². The molecule has 2 amide bonds. The number of benzene rings is 2. The summed E-state index contributed by atoms with van der Waals surface area (Å²) in [5.74, 6) is 0.252. The van der Waals surface area contributed by atoms with E-state index < -0.39 is 0 Å². The molecule has 0 bridgehead atoms. The van der Waals surface area contributed by atoms with Crippen molar-refractivity contribution >= 4 is 29.3 Å². The van der Waals surface area contributed by atoms with Gasteiger partial charge in [-0.1, -0.05) is 42.1 Å². The Hall–Kier alpha value is -2.35. The van der Waals surface area contributed by atoms with Crippen molar-refractivity contribution in [2.75, 3.05) is 51.1 Å². The standard InChI is InChI=1S/C25H32N4O2S/c1-20(28-17-15-27(16-18-28)19-24(30)29-13-7-8-14-29)25(31)26-22-11-5-6-12-23(22)32-21-9-3-2-4-10-21/h2-6,9-12,20H,7-8,13-19H2,1H3,(H,26,31)/t20-/m0/s1. The summed E-state index contributed by atoms with van der Waals surface area (Å²) in [5, 5.41) is 3.13. The molecule has 1 N–H and O–H groups in total. The Kier molecular flexibility index (Phi) is 7.84. The summed E-state index contributed by atoms with van der Waals surface area (Å²) in [4.78, 5) is 34.0. The zero-order valence-electron chi connectivity index (χ0n) is 18.7. The van der Waals surface area contributed by atoms with Crippen LogP contribution in [0.15, 0.2) is 64.4 Å². The van der Waals surface area contributed by atoms with Gasteiger partial charge in [0, 0.05) is 49.1 Å². The Labute approximate surface area is 194 Å². The third-order valence-electron chi connectivity index (χ3n) is 6.27. The quantitative estimate of drug-likeness (QED) is 0.698. The van der Waals surface area contributed by atoms with Crippen LogP contribution in [0.3, 0.4) is 0 Å². The molecule has 2 aromatic carbocycles. The molecule has 6 nitrogen and oxygen atoms in total. The van der Waals surface area contributed by atoms with Crippen molar-refractivity contribution in [3.8, 4) is 0 Å². The van der Waals surface area contributed by atoms with Crippen LogP contribution in [0.2, 0.25) is 0 Å². The second-order valence-electron chi connectivity index (χ2n) is 8.48. The zero-order valence-corrected chi connectivity index (χ0v) is 19.5. The molecule has 0 saturated carbocycles. The lowest BCUT2D eigenvalue weighted by molar-refractivity contribution is -0.132. The van der Waals surface area contributed by atoms with Crippen molar-refractivity contribution in [3.05, 3.63) is 54.6 Å². The maximum absolute atomic E-state index is 13.0. The molecule has 0 unspecified atom stereocenters. The van der Waals surface area contributed by atoms with Gasteiger partial charge in [0.1, 0.15) is 0 Å². The average Bonchev–Trinajstić information content (AvgIpc) is 3.36. The van der Waals surface area contributed by atoms with Crippen LogP contribution in [-0.4, -0.2) is 78.4 Å². The van der Waals surface area contributed by atoms with Gasteiger partial charge < -0.3 is 10.2 Å². The van der Waals surface area contributed by atoms with Crippen LogP contribution in [-0.2, 0) is 9.59 Å². The number of rotatable bonds is 7. The Morgan fingerprint density at radius 2 is 1.56 bits per heavy atom. The summed E-state index contributed by atoms with van der Waals surface area (Å²) in [5.41, 5.74) is 0.841. The monoisotopic (exact) mass is 452 g/mol. The van der Waals surface area contributed by atoms with E-state index in [2.05, 4.69) is 27.2 Å². The van der Waals surface area contributed by atoms with Gasteiger partial charge in [0.25, 0.3) is 0 Å². The third kappa shape index (κ3) is 5.91. The van der Waals surface area contributed by atoms with Crippen LogP contribution in [0.1, 0.15) is 19.8 Å². The van der Waals surface area contributed by atoms with Gasteiger partial charge >= 0.3 is 0 Å². The number of hydrogen-bond donors (Lipinski definition) is 1. The molecule has 2 heterocycles. The van der Waals surface area contributed by atoms with Gasteiger partial charge in [0.15, 0.2) is 0 Å². The fourth-order valence-electron chi connectivity index (χ4n) is 4.24. The molecule has 1 atom stereocenters. The second-order valence-corrected chi connectivity index (χ2v) is 9.59.